The second-order valence-electron chi connectivity index (χ2n) is 3.65. The Balaban J connectivity index is 4.49. The van der Waals surface area contributed by atoms with Gasteiger partial charge in [-0.3, -0.25) is 9.69 Å². The van der Waals surface area contributed by atoms with Gasteiger partial charge in [-0.1, -0.05) is 0 Å². The second-order valence-corrected chi connectivity index (χ2v) is 6.41. The van der Waals surface area contributed by atoms with Crippen molar-refractivity contribution in [3.63, 3.8) is 0 Å². The molecule has 18 heavy (non-hydrogen) atoms. The number of carbonyl (C=O) groups is 1. The third-order valence-electron chi connectivity index (χ3n) is 1.60. The van der Waals surface area contributed by atoms with Crippen LogP contribution in [0.15, 0.2) is 0 Å². The highest BCUT2D eigenvalue weighted by molar-refractivity contribution is 7.61. The fraction of sp³-hybridized carbons (Fsp3) is 0.833. The van der Waals surface area contributed by atoms with Crippen LogP contribution in [0.25, 0.3) is 0 Å². The van der Waals surface area contributed by atoms with Crippen LogP contribution in [0.3, 0.4) is 0 Å². The average molecular weight is 308 g/mol. The number of hydrogen-bond acceptors (Lipinski definition) is 7. The molecule has 0 aliphatic heterocycles. The van der Waals surface area contributed by atoms with E-state index in [2.05, 4.69) is 8.83 Å². The van der Waals surface area contributed by atoms with Crippen LogP contribution in [0.1, 0.15) is 19.8 Å². The summed E-state index contributed by atoms with van der Waals surface area (Å²) in [5, 5.41) is 18.0. The SMILES string of the molecule is C[C@@](O)(CCO)CC(=O)OP(=O)(O)OP(=O)(O)O. The molecule has 12 heteroatoms. The average Bonchev–Trinajstić information content (AvgIpc) is 1.93. The van der Waals surface area contributed by atoms with Crippen LogP contribution in [0, 0.1) is 0 Å². The minimum atomic E-state index is -5.30. The summed E-state index contributed by atoms with van der Waals surface area (Å²) in [6, 6.07) is 0. The summed E-state index contributed by atoms with van der Waals surface area (Å²) < 4.78 is 28.4. The normalized spacial score (nSPS) is 18.8. The van der Waals surface area contributed by atoms with E-state index in [0.717, 1.165) is 6.92 Å². The van der Waals surface area contributed by atoms with Gasteiger partial charge in [0, 0.05) is 6.61 Å². The first kappa shape index (κ1) is 17.7. The number of rotatable bonds is 7. The third kappa shape index (κ3) is 8.73. The molecule has 0 fully saturated rings. The first-order valence-electron chi connectivity index (χ1n) is 4.52. The van der Waals surface area contributed by atoms with Crippen molar-refractivity contribution in [3.05, 3.63) is 0 Å². The molecule has 0 aliphatic rings. The zero-order valence-corrected chi connectivity index (χ0v) is 11.1. The zero-order valence-electron chi connectivity index (χ0n) is 9.29. The van der Waals surface area contributed by atoms with E-state index in [4.69, 9.17) is 19.8 Å². The molecule has 0 bridgehead atoms. The second kappa shape index (κ2) is 6.23. The Morgan fingerprint density at radius 2 is 1.78 bits per heavy atom. The third-order valence-corrected chi connectivity index (χ3v) is 3.71. The quantitative estimate of drug-likeness (QED) is 0.377. The first-order chi connectivity index (χ1) is 7.87. The van der Waals surface area contributed by atoms with Crippen molar-refractivity contribution < 1.29 is 47.7 Å². The van der Waals surface area contributed by atoms with E-state index in [9.17, 15) is 19.0 Å². The lowest BCUT2D eigenvalue weighted by atomic mass is 9.99. The van der Waals surface area contributed by atoms with Crippen LogP contribution in [0.4, 0.5) is 0 Å². The maximum Gasteiger partial charge on any atom is 0.538 e. The van der Waals surface area contributed by atoms with Crippen molar-refractivity contribution in [3.8, 4) is 0 Å². The van der Waals surface area contributed by atoms with Gasteiger partial charge in [-0.15, -0.1) is 0 Å². The Kier molecular flexibility index (Phi) is 6.12. The van der Waals surface area contributed by atoms with E-state index in [1.165, 1.54) is 0 Å². The van der Waals surface area contributed by atoms with Gasteiger partial charge in [0.15, 0.2) is 0 Å². The predicted octanol–water partition coefficient (Wildman–Crippen LogP) is -0.737. The van der Waals surface area contributed by atoms with Crippen molar-refractivity contribution in [2.45, 2.75) is 25.4 Å². The predicted molar refractivity (Wildman–Crippen MR) is 56.0 cm³/mol. The number of aliphatic hydroxyl groups excluding tert-OH is 1. The molecular weight excluding hydrogens is 294 g/mol. The Hall–Kier alpha value is -0.310. The van der Waals surface area contributed by atoms with Crippen LogP contribution < -0.4 is 0 Å². The lowest BCUT2D eigenvalue weighted by molar-refractivity contribution is -0.140. The summed E-state index contributed by atoms with van der Waals surface area (Å²) in [6.07, 6.45) is -0.959. The number of hydrogen-bond donors (Lipinski definition) is 5. The highest BCUT2D eigenvalue weighted by Crippen LogP contribution is 2.57. The fourth-order valence-electron chi connectivity index (χ4n) is 0.952. The van der Waals surface area contributed by atoms with Crippen molar-refractivity contribution in [2.24, 2.45) is 0 Å². The van der Waals surface area contributed by atoms with E-state index in [-0.39, 0.29) is 6.42 Å². The molecular formula is C6H14O10P2. The lowest BCUT2D eigenvalue weighted by Crippen LogP contribution is -2.29. The molecule has 0 radical (unpaired) electrons. The van der Waals surface area contributed by atoms with Crippen molar-refractivity contribution >= 4 is 21.6 Å². The van der Waals surface area contributed by atoms with Crippen LogP contribution in [0.5, 0.6) is 0 Å². The fourth-order valence-corrected chi connectivity index (χ4v) is 2.48. The maximum absolute atomic E-state index is 11.1. The summed E-state index contributed by atoms with van der Waals surface area (Å²) in [4.78, 5) is 36.5. The van der Waals surface area contributed by atoms with Gasteiger partial charge in [0.1, 0.15) is 0 Å². The summed E-state index contributed by atoms with van der Waals surface area (Å²) in [5.74, 6) is -1.41. The smallest absolute Gasteiger partial charge is 0.396 e. The molecule has 0 aromatic carbocycles. The van der Waals surface area contributed by atoms with Gasteiger partial charge in [0.25, 0.3) is 0 Å². The summed E-state index contributed by atoms with van der Waals surface area (Å²) in [5.41, 5.74) is -1.69. The van der Waals surface area contributed by atoms with Crippen molar-refractivity contribution in [1.82, 2.24) is 0 Å². The van der Waals surface area contributed by atoms with Crippen LogP contribution >= 0.6 is 15.6 Å². The summed E-state index contributed by atoms with van der Waals surface area (Å²) in [6.45, 7) is 0.729. The number of phosphoric acid groups is 2. The van der Waals surface area contributed by atoms with Crippen LogP contribution in [0.2, 0.25) is 0 Å². The van der Waals surface area contributed by atoms with Crippen molar-refractivity contribution in [1.29, 1.82) is 0 Å². The van der Waals surface area contributed by atoms with Crippen LogP contribution in [-0.4, -0.2) is 43.1 Å². The Morgan fingerprint density at radius 3 is 2.17 bits per heavy atom. The van der Waals surface area contributed by atoms with E-state index in [0.29, 0.717) is 0 Å². The monoisotopic (exact) mass is 308 g/mol. The summed E-state index contributed by atoms with van der Waals surface area (Å²) >= 11 is 0. The molecule has 0 heterocycles. The van der Waals surface area contributed by atoms with Gasteiger partial charge < -0.3 is 24.5 Å². The van der Waals surface area contributed by atoms with Crippen LogP contribution in [-0.2, 0) is 22.8 Å². The molecule has 5 N–H and O–H groups in total. The molecule has 0 aliphatic carbocycles. The molecule has 0 amide bonds. The molecule has 0 saturated carbocycles. The minimum Gasteiger partial charge on any atom is -0.396 e. The molecule has 1 unspecified atom stereocenters. The largest absolute Gasteiger partial charge is 0.538 e. The van der Waals surface area contributed by atoms with Gasteiger partial charge in [0.05, 0.1) is 12.0 Å². The zero-order chi connectivity index (χ0) is 14.6. The molecule has 0 rings (SSSR count). The molecule has 0 aromatic heterocycles. The van der Waals surface area contributed by atoms with Crippen molar-refractivity contribution in [2.75, 3.05) is 6.61 Å². The topological polar surface area (TPSA) is 171 Å². The Bertz CT molecular complexity index is 384. The summed E-state index contributed by atoms with van der Waals surface area (Å²) in [7, 11) is -10.6. The first-order valence-corrected chi connectivity index (χ1v) is 7.55. The van der Waals surface area contributed by atoms with Gasteiger partial charge in [-0.05, 0) is 13.3 Å². The van der Waals surface area contributed by atoms with E-state index >= 15 is 0 Å². The standard InChI is InChI=1S/C6H14O10P2/c1-6(9,2-3-7)4-5(8)15-18(13,14)16-17(10,11)12/h7,9H,2-4H2,1H3,(H,13,14)(H2,10,11,12)/t6-/m1/s1. The molecule has 108 valence electrons. The molecule has 0 spiro atoms. The maximum atomic E-state index is 11.1. The Morgan fingerprint density at radius 1 is 1.28 bits per heavy atom. The highest BCUT2D eigenvalue weighted by Gasteiger charge is 2.37. The molecule has 2 atom stereocenters. The minimum absolute atomic E-state index is 0.197. The van der Waals surface area contributed by atoms with Gasteiger partial charge in [0.2, 0.25) is 0 Å². The van der Waals surface area contributed by atoms with Gasteiger partial charge in [-0.25, -0.2) is 9.13 Å². The number of aliphatic hydroxyl groups is 2. The van der Waals surface area contributed by atoms with E-state index in [1.54, 1.807) is 0 Å². The molecule has 10 nitrogen and oxygen atoms in total. The number of carbonyl (C=O) groups excluding carboxylic acids is 1. The molecule has 0 saturated heterocycles. The van der Waals surface area contributed by atoms with E-state index < -0.39 is 40.2 Å². The van der Waals surface area contributed by atoms with E-state index in [1.807, 2.05) is 0 Å². The van der Waals surface area contributed by atoms with Gasteiger partial charge in [-0.2, -0.15) is 4.31 Å². The Labute approximate surface area is 102 Å². The van der Waals surface area contributed by atoms with Gasteiger partial charge >= 0.3 is 21.6 Å². The number of phosphoric ester groups is 1. The lowest BCUT2D eigenvalue weighted by Gasteiger charge is -2.21. The molecule has 0 aromatic rings. The highest BCUT2D eigenvalue weighted by atomic mass is 31.3.